The van der Waals surface area contributed by atoms with Crippen LogP contribution in [0.4, 0.5) is 5.13 Å². The van der Waals surface area contributed by atoms with Gasteiger partial charge in [-0.25, -0.2) is 0 Å². The van der Waals surface area contributed by atoms with Crippen LogP contribution in [0.1, 0.15) is 45.5 Å². The number of carbonyl (C=O) groups is 1. The fourth-order valence-electron chi connectivity index (χ4n) is 2.89. The molecule has 1 aromatic heterocycles. The maximum Gasteiger partial charge on any atom is 0.240 e. The molecule has 2 heterocycles. The molecule has 2 rings (SSSR count). The Balaban J connectivity index is 1.89. The zero-order chi connectivity index (χ0) is 16.3. The molecule has 1 aliphatic heterocycles. The third-order valence-electron chi connectivity index (χ3n) is 3.82. The van der Waals surface area contributed by atoms with E-state index in [0.29, 0.717) is 11.0 Å². The van der Waals surface area contributed by atoms with E-state index in [1.165, 1.54) is 11.3 Å². The number of hydrogen-bond acceptors (Lipinski definition) is 6. The van der Waals surface area contributed by atoms with Crippen molar-refractivity contribution in [1.29, 1.82) is 0 Å². The van der Waals surface area contributed by atoms with Gasteiger partial charge >= 0.3 is 0 Å². The molecule has 1 aromatic rings. The van der Waals surface area contributed by atoms with E-state index in [1.54, 1.807) is 13.8 Å². The van der Waals surface area contributed by atoms with Gasteiger partial charge in [-0.1, -0.05) is 25.2 Å². The third kappa shape index (κ3) is 4.72. The molecule has 0 spiro atoms. The highest BCUT2D eigenvalue weighted by Crippen LogP contribution is 2.26. The first-order valence-electron chi connectivity index (χ1n) is 7.84. The van der Waals surface area contributed by atoms with Crippen LogP contribution in [0.5, 0.6) is 0 Å². The number of carbonyl (C=O) groups excluding carboxylic acids is 1. The van der Waals surface area contributed by atoms with Crippen molar-refractivity contribution in [1.82, 2.24) is 15.1 Å². The number of nitrogens with one attached hydrogen (secondary N) is 1. The molecule has 1 amide bonds. The number of nitrogens with zero attached hydrogens (tertiary/aromatic N) is 3. The summed E-state index contributed by atoms with van der Waals surface area (Å²) in [7, 11) is 0. The Hall–Kier alpha value is -1.05. The molecule has 0 saturated carbocycles. The van der Waals surface area contributed by atoms with Crippen LogP contribution in [-0.2, 0) is 11.2 Å². The van der Waals surface area contributed by atoms with Crippen LogP contribution < -0.4 is 5.32 Å². The number of aromatic nitrogens is 2. The Bertz CT molecular complexity index is 510. The monoisotopic (exact) mass is 326 g/mol. The van der Waals surface area contributed by atoms with E-state index in [2.05, 4.69) is 29.4 Å². The van der Waals surface area contributed by atoms with Crippen molar-refractivity contribution >= 4 is 22.4 Å². The van der Waals surface area contributed by atoms with E-state index < -0.39 is 5.60 Å². The molecule has 0 aromatic carbocycles. The van der Waals surface area contributed by atoms with Crippen molar-refractivity contribution in [3.05, 3.63) is 5.01 Å². The Morgan fingerprint density at radius 1 is 1.50 bits per heavy atom. The summed E-state index contributed by atoms with van der Waals surface area (Å²) < 4.78 is 0. The third-order valence-corrected chi connectivity index (χ3v) is 4.68. The SMILES string of the molecule is CC(C)Cc1nnc(NC(=O)CN2CCCC2C(C)(C)O)s1. The zero-order valence-corrected chi connectivity index (χ0v) is 14.6. The summed E-state index contributed by atoms with van der Waals surface area (Å²) in [5.74, 6) is 0.428. The number of likely N-dealkylation sites (tertiary alicyclic amines) is 1. The fraction of sp³-hybridized carbons (Fsp3) is 0.800. The zero-order valence-electron chi connectivity index (χ0n) is 13.8. The second kappa shape index (κ2) is 7.02. The first-order chi connectivity index (χ1) is 10.3. The minimum Gasteiger partial charge on any atom is -0.389 e. The van der Waals surface area contributed by atoms with E-state index in [-0.39, 0.29) is 18.5 Å². The summed E-state index contributed by atoms with van der Waals surface area (Å²) in [6.07, 6.45) is 2.81. The van der Waals surface area contributed by atoms with Gasteiger partial charge in [0.05, 0.1) is 12.1 Å². The molecular formula is C15H26N4O2S. The average Bonchev–Trinajstić information content (AvgIpc) is 2.97. The Morgan fingerprint density at radius 3 is 2.86 bits per heavy atom. The molecule has 1 atom stereocenters. The largest absolute Gasteiger partial charge is 0.389 e. The maximum atomic E-state index is 12.2. The van der Waals surface area contributed by atoms with Crippen LogP contribution in [0, 0.1) is 5.92 Å². The van der Waals surface area contributed by atoms with Crippen molar-refractivity contribution in [3.8, 4) is 0 Å². The summed E-state index contributed by atoms with van der Waals surface area (Å²) in [5, 5.41) is 22.6. The molecule has 124 valence electrons. The first-order valence-corrected chi connectivity index (χ1v) is 8.66. The lowest BCUT2D eigenvalue weighted by Gasteiger charge is -2.33. The lowest BCUT2D eigenvalue weighted by molar-refractivity contribution is -0.118. The first kappa shape index (κ1) is 17.3. The predicted molar refractivity (Wildman–Crippen MR) is 88.0 cm³/mol. The van der Waals surface area contributed by atoms with E-state index in [0.717, 1.165) is 30.8 Å². The molecule has 1 unspecified atom stereocenters. The number of aliphatic hydroxyl groups is 1. The van der Waals surface area contributed by atoms with Gasteiger partial charge in [-0.05, 0) is 39.2 Å². The molecule has 6 nitrogen and oxygen atoms in total. The number of amides is 1. The van der Waals surface area contributed by atoms with Gasteiger partial charge in [0.2, 0.25) is 11.0 Å². The molecular weight excluding hydrogens is 300 g/mol. The second-order valence-corrected chi connectivity index (χ2v) is 7.99. The Labute approximate surface area is 135 Å². The highest BCUT2D eigenvalue weighted by Gasteiger charge is 2.36. The molecule has 1 fully saturated rings. The normalized spacial score (nSPS) is 19.8. The lowest BCUT2D eigenvalue weighted by Crippen LogP contribution is -2.48. The molecule has 1 aliphatic rings. The van der Waals surface area contributed by atoms with Crippen molar-refractivity contribution in [2.24, 2.45) is 5.92 Å². The number of hydrogen-bond donors (Lipinski definition) is 2. The van der Waals surface area contributed by atoms with E-state index in [1.807, 2.05) is 4.90 Å². The van der Waals surface area contributed by atoms with Crippen molar-refractivity contribution in [2.75, 3.05) is 18.4 Å². The quantitative estimate of drug-likeness (QED) is 0.835. The summed E-state index contributed by atoms with van der Waals surface area (Å²) in [4.78, 5) is 14.2. The predicted octanol–water partition coefficient (Wildman–Crippen LogP) is 1.91. The Morgan fingerprint density at radius 2 is 2.23 bits per heavy atom. The van der Waals surface area contributed by atoms with Gasteiger partial charge in [-0.2, -0.15) is 0 Å². The van der Waals surface area contributed by atoms with E-state index in [4.69, 9.17) is 0 Å². The summed E-state index contributed by atoms with van der Waals surface area (Å²) in [6.45, 7) is 8.99. The van der Waals surface area contributed by atoms with Crippen molar-refractivity contribution in [3.63, 3.8) is 0 Å². The van der Waals surface area contributed by atoms with Crippen LogP contribution in [0.2, 0.25) is 0 Å². The maximum absolute atomic E-state index is 12.2. The smallest absolute Gasteiger partial charge is 0.240 e. The van der Waals surface area contributed by atoms with Gasteiger partial charge in [-0.15, -0.1) is 10.2 Å². The van der Waals surface area contributed by atoms with E-state index in [9.17, 15) is 9.90 Å². The van der Waals surface area contributed by atoms with Gasteiger partial charge in [0.25, 0.3) is 0 Å². The molecule has 0 aliphatic carbocycles. The minimum absolute atomic E-state index is 0.0316. The van der Waals surface area contributed by atoms with Crippen molar-refractivity contribution in [2.45, 2.75) is 58.6 Å². The average molecular weight is 326 g/mol. The summed E-state index contributed by atoms with van der Waals surface area (Å²) >= 11 is 1.43. The van der Waals surface area contributed by atoms with Crippen molar-refractivity contribution < 1.29 is 9.90 Å². The highest BCUT2D eigenvalue weighted by atomic mass is 32.1. The number of anilines is 1. The molecule has 2 N–H and O–H groups in total. The molecule has 0 bridgehead atoms. The van der Waals surface area contributed by atoms with Gasteiger partial charge in [0, 0.05) is 12.5 Å². The molecule has 7 heteroatoms. The highest BCUT2D eigenvalue weighted by molar-refractivity contribution is 7.15. The number of rotatable bonds is 6. The Kier molecular flexibility index (Phi) is 5.52. The van der Waals surface area contributed by atoms with Crippen LogP contribution in [0.25, 0.3) is 0 Å². The second-order valence-electron chi connectivity index (χ2n) is 6.93. The topological polar surface area (TPSA) is 78.4 Å². The van der Waals surface area contributed by atoms with Gasteiger partial charge in [0.1, 0.15) is 5.01 Å². The van der Waals surface area contributed by atoms with Gasteiger partial charge in [-0.3, -0.25) is 15.0 Å². The molecule has 1 saturated heterocycles. The van der Waals surface area contributed by atoms with Crippen LogP contribution in [0.15, 0.2) is 0 Å². The molecule has 22 heavy (non-hydrogen) atoms. The van der Waals surface area contributed by atoms with Crippen LogP contribution >= 0.6 is 11.3 Å². The van der Waals surface area contributed by atoms with Crippen LogP contribution in [0.3, 0.4) is 0 Å². The fourth-order valence-corrected chi connectivity index (χ4v) is 3.86. The molecule has 0 radical (unpaired) electrons. The lowest BCUT2D eigenvalue weighted by atomic mass is 9.97. The summed E-state index contributed by atoms with van der Waals surface area (Å²) in [5.41, 5.74) is -0.788. The van der Waals surface area contributed by atoms with E-state index >= 15 is 0 Å². The standard InChI is InChI=1S/C15H26N4O2S/c1-10(2)8-13-17-18-14(22-13)16-12(20)9-19-7-5-6-11(19)15(3,4)21/h10-11,21H,5-9H2,1-4H3,(H,16,18,20). The van der Waals surface area contributed by atoms with Gasteiger partial charge < -0.3 is 5.11 Å². The summed E-state index contributed by atoms with van der Waals surface area (Å²) in [6, 6.07) is 0.0316. The van der Waals surface area contributed by atoms with Crippen LogP contribution in [-0.4, -0.2) is 50.8 Å². The van der Waals surface area contributed by atoms with Gasteiger partial charge in [0.15, 0.2) is 0 Å². The minimum atomic E-state index is -0.788.